The zero-order valence-electron chi connectivity index (χ0n) is 16.3. The van der Waals surface area contributed by atoms with Crippen LogP contribution in [0.2, 0.25) is 0 Å². The second kappa shape index (κ2) is 7.17. The molecule has 2 aromatic heterocycles. The van der Waals surface area contributed by atoms with Gasteiger partial charge in [-0.1, -0.05) is 25.0 Å². The fourth-order valence-electron chi connectivity index (χ4n) is 4.87. The summed E-state index contributed by atoms with van der Waals surface area (Å²) in [6, 6.07) is 8.14. The van der Waals surface area contributed by atoms with Crippen molar-refractivity contribution in [2.24, 2.45) is 0 Å². The van der Waals surface area contributed by atoms with E-state index in [9.17, 15) is 4.79 Å². The van der Waals surface area contributed by atoms with Crippen molar-refractivity contribution in [3.8, 4) is 0 Å². The van der Waals surface area contributed by atoms with Gasteiger partial charge in [0.1, 0.15) is 11.6 Å². The third-order valence-corrected chi connectivity index (χ3v) is 6.19. The van der Waals surface area contributed by atoms with Crippen LogP contribution in [-0.2, 0) is 6.54 Å². The van der Waals surface area contributed by atoms with E-state index in [1.54, 1.807) is 6.20 Å². The van der Waals surface area contributed by atoms with Crippen LogP contribution >= 0.6 is 0 Å². The molecule has 0 amide bonds. The molecule has 1 unspecified atom stereocenters. The van der Waals surface area contributed by atoms with Crippen molar-refractivity contribution >= 4 is 10.9 Å². The van der Waals surface area contributed by atoms with E-state index in [2.05, 4.69) is 9.88 Å². The second-order valence-electron chi connectivity index (χ2n) is 8.09. The molecular weight excluding hydrogens is 352 g/mol. The highest BCUT2D eigenvalue weighted by Gasteiger charge is 2.33. The smallest absolute Gasteiger partial charge is 0.261 e. The number of hydrogen-bond donors (Lipinski definition) is 0. The number of benzene rings is 1. The Morgan fingerprint density at radius 1 is 1.14 bits per heavy atom. The summed E-state index contributed by atoms with van der Waals surface area (Å²) in [6.45, 7) is 3.55. The first kappa shape index (κ1) is 17.6. The SMILES string of the molecule is Cc1cnc(CN2CCCC2c2nc3ccccc3c(=O)n2C2CCCC2)o1. The molecule has 6 heteroatoms. The van der Waals surface area contributed by atoms with Gasteiger partial charge in [0.15, 0.2) is 0 Å². The van der Waals surface area contributed by atoms with Crippen LogP contribution in [0.3, 0.4) is 0 Å². The average Bonchev–Trinajstić information content (AvgIpc) is 3.45. The Kier molecular flexibility index (Phi) is 4.51. The predicted octanol–water partition coefficient (Wildman–Crippen LogP) is 4.15. The van der Waals surface area contributed by atoms with Crippen molar-refractivity contribution in [2.45, 2.75) is 64.1 Å². The molecule has 1 aliphatic heterocycles. The van der Waals surface area contributed by atoms with Crippen molar-refractivity contribution in [1.82, 2.24) is 19.4 Å². The van der Waals surface area contributed by atoms with E-state index in [0.29, 0.717) is 6.54 Å². The van der Waals surface area contributed by atoms with Crippen LogP contribution in [-0.4, -0.2) is 26.0 Å². The molecule has 1 saturated carbocycles. The van der Waals surface area contributed by atoms with Gasteiger partial charge in [0.25, 0.3) is 5.56 Å². The van der Waals surface area contributed by atoms with E-state index in [-0.39, 0.29) is 17.6 Å². The van der Waals surface area contributed by atoms with Crippen LogP contribution < -0.4 is 5.56 Å². The Bertz CT molecular complexity index is 1050. The number of para-hydroxylation sites is 1. The molecule has 28 heavy (non-hydrogen) atoms. The van der Waals surface area contributed by atoms with Crippen molar-refractivity contribution in [1.29, 1.82) is 0 Å². The average molecular weight is 378 g/mol. The van der Waals surface area contributed by atoms with Gasteiger partial charge in [-0.05, 0) is 51.3 Å². The van der Waals surface area contributed by atoms with Crippen molar-refractivity contribution in [3.63, 3.8) is 0 Å². The molecule has 1 saturated heterocycles. The van der Waals surface area contributed by atoms with Crippen molar-refractivity contribution < 1.29 is 4.42 Å². The van der Waals surface area contributed by atoms with Gasteiger partial charge in [0.2, 0.25) is 5.89 Å². The third-order valence-electron chi connectivity index (χ3n) is 6.19. The maximum atomic E-state index is 13.4. The quantitative estimate of drug-likeness (QED) is 0.682. The van der Waals surface area contributed by atoms with Crippen molar-refractivity contribution in [3.05, 3.63) is 58.3 Å². The van der Waals surface area contributed by atoms with Gasteiger partial charge in [-0.25, -0.2) is 9.97 Å². The molecule has 0 spiro atoms. The molecule has 6 nitrogen and oxygen atoms in total. The molecule has 2 aliphatic rings. The van der Waals surface area contributed by atoms with E-state index in [4.69, 9.17) is 9.40 Å². The number of rotatable bonds is 4. The Balaban J connectivity index is 1.60. The van der Waals surface area contributed by atoms with E-state index < -0.39 is 0 Å². The fraction of sp³-hybridized carbons (Fsp3) is 0.500. The summed E-state index contributed by atoms with van der Waals surface area (Å²) in [4.78, 5) is 25.2. The van der Waals surface area contributed by atoms with Gasteiger partial charge in [-0.3, -0.25) is 14.3 Å². The zero-order chi connectivity index (χ0) is 19.1. The minimum Gasteiger partial charge on any atom is -0.445 e. The minimum absolute atomic E-state index is 0.117. The molecule has 5 rings (SSSR count). The van der Waals surface area contributed by atoms with E-state index in [1.807, 2.05) is 35.8 Å². The predicted molar refractivity (Wildman–Crippen MR) is 107 cm³/mol. The first-order valence-corrected chi connectivity index (χ1v) is 10.4. The number of aromatic nitrogens is 3. The van der Waals surface area contributed by atoms with Crippen LogP contribution in [0.4, 0.5) is 0 Å². The number of fused-ring (bicyclic) bond motifs is 1. The summed E-state index contributed by atoms with van der Waals surface area (Å²) in [7, 11) is 0. The monoisotopic (exact) mass is 378 g/mol. The normalized spacial score (nSPS) is 21.1. The summed E-state index contributed by atoms with van der Waals surface area (Å²) < 4.78 is 7.74. The number of aryl methyl sites for hydroxylation is 1. The topological polar surface area (TPSA) is 64.2 Å². The summed E-state index contributed by atoms with van der Waals surface area (Å²) in [6.07, 6.45) is 8.38. The molecule has 0 radical (unpaired) electrons. The maximum absolute atomic E-state index is 13.4. The van der Waals surface area contributed by atoms with Gasteiger partial charge in [0.05, 0.1) is 29.7 Å². The molecule has 1 aliphatic carbocycles. The summed E-state index contributed by atoms with van der Waals surface area (Å²) in [5, 5.41) is 0.728. The lowest BCUT2D eigenvalue weighted by Gasteiger charge is -2.27. The van der Waals surface area contributed by atoms with Gasteiger partial charge in [0, 0.05) is 6.04 Å². The standard InChI is InChI=1S/C22H26N4O2/c1-15-13-23-20(28-15)14-25-12-6-11-19(25)21-24-18-10-5-4-9-17(18)22(27)26(21)16-7-2-3-8-16/h4-5,9-10,13,16,19H,2-3,6-8,11-12,14H2,1H3. The molecule has 0 N–H and O–H groups in total. The van der Waals surface area contributed by atoms with Crippen LogP contribution in [0, 0.1) is 6.92 Å². The highest BCUT2D eigenvalue weighted by Crippen LogP contribution is 2.36. The number of nitrogens with zero attached hydrogens (tertiary/aromatic N) is 4. The lowest BCUT2D eigenvalue weighted by molar-refractivity contribution is 0.207. The van der Waals surface area contributed by atoms with Crippen molar-refractivity contribution in [2.75, 3.05) is 6.54 Å². The number of hydrogen-bond acceptors (Lipinski definition) is 5. The van der Waals surface area contributed by atoms with Crippen LogP contribution in [0.15, 0.2) is 39.7 Å². The second-order valence-corrected chi connectivity index (χ2v) is 8.09. The molecule has 1 aromatic carbocycles. The van der Waals surface area contributed by atoms with E-state index in [0.717, 1.165) is 60.6 Å². The van der Waals surface area contributed by atoms with Gasteiger partial charge in [-0.15, -0.1) is 0 Å². The van der Waals surface area contributed by atoms with E-state index >= 15 is 0 Å². The van der Waals surface area contributed by atoms with Gasteiger partial charge >= 0.3 is 0 Å². The molecule has 3 heterocycles. The molecule has 3 aromatic rings. The summed E-state index contributed by atoms with van der Waals surface area (Å²) in [5.41, 5.74) is 0.918. The Morgan fingerprint density at radius 2 is 1.96 bits per heavy atom. The van der Waals surface area contributed by atoms with Crippen LogP contribution in [0.1, 0.15) is 68.1 Å². The third kappa shape index (κ3) is 3.05. The Hall–Kier alpha value is -2.47. The van der Waals surface area contributed by atoms with Crippen LogP contribution in [0.25, 0.3) is 10.9 Å². The highest BCUT2D eigenvalue weighted by molar-refractivity contribution is 5.77. The minimum atomic E-state index is 0.117. The molecular formula is C22H26N4O2. The lowest BCUT2D eigenvalue weighted by Crippen LogP contribution is -2.33. The van der Waals surface area contributed by atoms with E-state index in [1.165, 1.54) is 12.8 Å². The first-order chi connectivity index (χ1) is 13.7. The summed E-state index contributed by atoms with van der Waals surface area (Å²) in [5.74, 6) is 2.49. The maximum Gasteiger partial charge on any atom is 0.261 e. The van der Waals surface area contributed by atoms with Gasteiger partial charge in [-0.2, -0.15) is 0 Å². The van der Waals surface area contributed by atoms with Gasteiger partial charge < -0.3 is 4.42 Å². The van der Waals surface area contributed by atoms with Crippen LogP contribution in [0.5, 0.6) is 0 Å². The molecule has 2 fully saturated rings. The fourth-order valence-corrected chi connectivity index (χ4v) is 4.87. The Labute approximate surface area is 164 Å². The highest BCUT2D eigenvalue weighted by atomic mass is 16.4. The molecule has 0 bridgehead atoms. The Morgan fingerprint density at radius 3 is 2.75 bits per heavy atom. The summed E-state index contributed by atoms with van der Waals surface area (Å²) >= 11 is 0. The number of oxazole rings is 1. The largest absolute Gasteiger partial charge is 0.445 e. The molecule has 146 valence electrons. The lowest BCUT2D eigenvalue weighted by atomic mass is 10.1. The first-order valence-electron chi connectivity index (χ1n) is 10.4. The number of likely N-dealkylation sites (tertiary alicyclic amines) is 1. The zero-order valence-corrected chi connectivity index (χ0v) is 16.3. The molecule has 1 atom stereocenters.